The summed E-state index contributed by atoms with van der Waals surface area (Å²) in [4.78, 5) is 31.4. The van der Waals surface area contributed by atoms with Gasteiger partial charge < -0.3 is 4.74 Å². The Labute approximate surface area is 179 Å². The molecule has 144 valence electrons. The molecule has 2 amide bonds. The van der Waals surface area contributed by atoms with Gasteiger partial charge in [-0.1, -0.05) is 44.0 Å². The number of benzene rings is 1. The predicted octanol–water partition coefficient (Wildman–Crippen LogP) is 3.32. The smallest absolute Gasteiger partial charge is 0.339 e. The quantitative estimate of drug-likeness (QED) is 0.406. The highest BCUT2D eigenvalue weighted by atomic mass is 79.9. The molecule has 1 heterocycles. The Morgan fingerprint density at radius 1 is 1.22 bits per heavy atom. The number of carbonyl (C=O) groups excluding carboxylic acids is 2. The van der Waals surface area contributed by atoms with Crippen LogP contribution >= 0.6 is 47.8 Å². The molecule has 9 nitrogen and oxygen atoms in total. The number of urea groups is 1. The van der Waals surface area contributed by atoms with E-state index in [0.717, 1.165) is 7.11 Å². The first-order valence-corrected chi connectivity index (χ1v) is 11.1. The maximum absolute atomic E-state index is 12.5. The van der Waals surface area contributed by atoms with E-state index >= 15 is 0 Å². The Morgan fingerprint density at radius 2 is 1.89 bits per heavy atom. The number of esters is 1. The SMILES string of the molecule is COC(=O)c1ccccc1S(=O)(=O)NC(=O)Nc1ncc(Br)c(C(Br)Br)n1. The number of anilines is 1. The van der Waals surface area contributed by atoms with Crippen LogP contribution in [0.15, 0.2) is 39.8 Å². The molecule has 27 heavy (non-hydrogen) atoms. The number of amides is 2. The van der Waals surface area contributed by atoms with Crippen LogP contribution in [0.4, 0.5) is 10.7 Å². The first-order chi connectivity index (χ1) is 12.7. The zero-order valence-corrected chi connectivity index (χ0v) is 19.0. The standard InChI is InChI=1S/C14H11Br3N4O5S/c1-26-12(22)7-4-2-3-5-9(7)27(24,25)21-14(23)20-13-18-6-8(15)10(19-13)11(16)17/h2-6,11H,1H3,(H2,18,19,20,21,23). The number of methoxy groups -OCH3 is 1. The molecule has 0 radical (unpaired) electrons. The molecule has 13 heteroatoms. The maximum atomic E-state index is 12.5. The van der Waals surface area contributed by atoms with Gasteiger partial charge in [0.25, 0.3) is 10.0 Å². The lowest BCUT2D eigenvalue weighted by molar-refractivity contribution is 0.0596. The Hall–Kier alpha value is -1.57. The van der Waals surface area contributed by atoms with E-state index in [-0.39, 0.29) is 15.2 Å². The second-order valence-electron chi connectivity index (χ2n) is 4.77. The van der Waals surface area contributed by atoms with Gasteiger partial charge in [0.15, 0.2) is 0 Å². The second kappa shape index (κ2) is 9.08. The summed E-state index contributed by atoms with van der Waals surface area (Å²) < 4.78 is 31.5. The molecule has 0 unspecified atom stereocenters. The zero-order valence-electron chi connectivity index (χ0n) is 13.4. The number of rotatable bonds is 5. The molecule has 0 atom stereocenters. The minimum atomic E-state index is -4.35. The second-order valence-corrected chi connectivity index (χ2v) is 10.3. The van der Waals surface area contributed by atoms with Crippen LogP contribution in [0.5, 0.6) is 0 Å². The van der Waals surface area contributed by atoms with E-state index in [2.05, 4.69) is 67.8 Å². The van der Waals surface area contributed by atoms with Crippen molar-refractivity contribution in [2.24, 2.45) is 0 Å². The summed E-state index contributed by atoms with van der Waals surface area (Å²) >= 11 is 9.79. The Kier molecular flexibility index (Phi) is 7.31. The van der Waals surface area contributed by atoms with Crippen LogP contribution < -0.4 is 10.0 Å². The third-order valence-corrected chi connectivity index (χ3v) is 5.88. The van der Waals surface area contributed by atoms with Gasteiger partial charge in [-0.05, 0) is 28.1 Å². The Morgan fingerprint density at radius 3 is 2.52 bits per heavy atom. The van der Waals surface area contributed by atoms with E-state index in [0.29, 0.717) is 10.2 Å². The van der Waals surface area contributed by atoms with Crippen LogP contribution in [0.1, 0.15) is 19.8 Å². The molecule has 0 aliphatic heterocycles. The van der Waals surface area contributed by atoms with E-state index in [9.17, 15) is 18.0 Å². The highest BCUT2D eigenvalue weighted by molar-refractivity contribution is 9.24. The van der Waals surface area contributed by atoms with Gasteiger partial charge in [-0.15, -0.1) is 0 Å². The molecule has 1 aromatic carbocycles. The summed E-state index contributed by atoms with van der Waals surface area (Å²) in [6.07, 6.45) is 1.40. The van der Waals surface area contributed by atoms with Crippen molar-refractivity contribution in [3.8, 4) is 0 Å². The highest BCUT2D eigenvalue weighted by Gasteiger charge is 2.25. The van der Waals surface area contributed by atoms with E-state index < -0.39 is 26.9 Å². The van der Waals surface area contributed by atoms with Gasteiger partial charge in [0.1, 0.15) is 8.63 Å². The van der Waals surface area contributed by atoms with Gasteiger partial charge in [-0.2, -0.15) is 0 Å². The first-order valence-electron chi connectivity index (χ1n) is 6.97. The third kappa shape index (κ3) is 5.46. The van der Waals surface area contributed by atoms with Crippen molar-refractivity contribution in [1.29, 1.82) is 0 Å². The molecule has 0 aliphatic rings. The van der Waals surface area contributed by atoms with Gasteiger partial charge in [-0.3, -0.25) is 5.32 Å². The number of alkyl halides is 2. The van der Waals surface area contributed by atoms with Crippen LogP contribution in [-0.4, -0.2) is 37.5 Å². The summed E-state index contributed by atoms with van der Waals surface area (Å²) in [5.41, 5.74) is 0.281. The number of ether oxygens (including phenoxy) is 1. The molecule has 2 aromatic rings. The predicted molar refractivity (Wildman–Crippen MR) is 107 cm³/mol. The first kappa shape index (κ1) is 21.7. The van der Waals surface area contributed by atoms with Crippen molar-refractivity contribution in [2.45, 2.75) is 8.63 Å². The molecule has 0 saturated heterocycles. The van der Waals surface area contributed by atoms with Gasteiger partial charge in [-0.25, -0.2) is 32.7 Å². The van der Waals surface area contributed by atoms with Crippen molar-refractivity contribution in [1.82, 2.24) is 14.7 Å². The van der Waals surface area contributed by atoms with Crippen molar-refractivity contribution >= 4 is 75.8 Å². The number of halogens is 3. The number of aromatic nitrogens is 2. The lowest BCUT2D eigenvalue weighted by Gasteiger charge is -2.11. The minimum Gasteiger partial charge on any atom is -0.465 e. The van der Waals surface area contributed by atoms with Crippen molar-refractivity contribution in [3.63, 3.8) is 0 Å². The summed E-state index contributed by atoms with van der Waals surface area (Å²) in [7, 11) is -3.23. The van der Waals surface area contributed by atoms with Crippen molar-refractivity contribution in [2.75, 3.05) is 12.4 Å². The van der Waals surface area contributed by atoms with Crippen LogP contribution in [0.3, 0.4) is 0 Å². The average molecular weight is 587 g/mol. The van der Waals surface area contributed by atoms with E-state index in [1.807, 2.05) is 0 Å². The molecule has 0 aliphatic carbocycles. The Bertz CT molecular complexity index is 984. The fourth-order valence-corrected chi connectivity index (χ4v) is 4.71. The molecular formula is C14H11Br3N4O5S. The average Bonchev–Trinajstić information content (AvgIpc) is 2.62. The number of carbonyl (C=O) groups is 2. The summed E-state index contributed by atoms with van der Waals surface area (Å²) in [6.45, 7) is 0. The molecule has 0 spiro atoms. The van der Waals surface area contributed by atoms with Gasteiger partial charge in [0, 0.05) is 6.20 Å². The van der Waals surface area contributed by atoms with Gasteiger partial charge in [0.05, 0.1) is 22.8 Å². The van der Waals surface area contributed by atoms with Gasteiger partial charge >= 0.3 is 12.0 Å². The third-order valence-electron chi connectivity index (χ3n) is 3.01. The molecule has 1 aromatic heterocycles. The molecule has 2 rings (SSSR count). The zero-order chi connectivity index (χ0) is 20.2. The maximum Gasteiger partial charge on any atom is 0.339 e. The van der Waals surface area contributed by atoms with Crippen molar-refractivity contribution in [3.05, 3.63) is 46.2 Å². The topological polar surface area (TPSA) is 127 Å². The summed E-state index contributed by atoms with van der Waals surface area (Å²) in [5, 5.41) is 2.22. The lowest BCUT2D eigenvalue weighted by Crippen LogP contribution is -2.35. The highest BCUT2D eigenvalue weighted by Crippen LogP contribution is 2.32. The molecular weight excluding hydrogens is 576 g/mol. The fourth-order valence-electron chi connectivity index (χ4n) is 1.88. The summed E-state index contributed by atoms with van der Waals surface area (Å²) in [5.74, 6) is -0.969. The number of sulfonamides is 1. The minimum absolute atomic E-state index is 0.119. The molecule has 0 saturated carbocycles. The lowest BCUT2D eigenvalue weighted by atomic mass is 10.2. The van der Waals surface area contributed by atoms with E-state index in [1.165, 1.54) is 30.5 Å². The fraction of sp³-hybridized carbons (Fsp3) is 0.143. The number of nitrogens with zero attached hydrogens (tertiary/aromatic N) is 2. The monoisotopic (exact) mass is 584 g/mol. The van der Waals surface area contributed by atoms with Crippen LogP contribution in [0.25, 0.3) is 0 Å². The number of hydrogen-bond acceptors (Lipinski definition) is 7. The summed E-state index contributed by atoms with van der Waals surface area (Å²) in [6, 6.07) is 4.24. The number of hydrogen-bond donors (Lipinski definition) is 2. The largest absolute Gasteiger partial charge is 0.465 e. The molecule has 0 fully saturated rings. The number of nitrogens with one attached hydrogen (secondary N) is 2. The van der Waals surface area contributed by atoms with Crippen LogP contribution in [-0.2, 0) is 14.8 Å². The normalized spacial score (nSPS) is 11.1. The van der Waals surface area contributed by atoms with Crippen LogP contribution in [0.2, 0.25) is 0 Å². The Balaban J connectivity index is 2.23. The van der Waals surface area contributed by atoms with Crippen molar-refractivity contribution < 1.29 is 22.7 Å². The van der Waals surface area contributed by atoms with Gasteiger partial charge in [0.2, 0.25) is 5.95 Å². The van der Waals surface area contributed by atoms with E-state index in [1.54, 1.807) is 4.72 Å². The van der Waals surface area contributed by atoms with Crippen LogP contribution in [0, 0.1) is 0 Å². The van der Waals surface area contributed by atoms with E-state index in [4.69, 9.17) is 0 Å². The molecule has 0 bridgehead atoms. The molecule has 2 N–H and O–H groups in total.